The average Bonchev–Trinajstić information content (AvgIpc) is 2.94. The number of amides is 1. The molecule has 1 aromatic heterocycles. The Balaban J connectivity index is 2.16. The molecule has 2 heterocycles. The van der Waals surface area contributed by atoms with Crippen LogP contribution in [0.2, 0.25) is 0 Å². The molecule has 0 bridgehead atoms. The van der Waals surface area contributed by atoms with E-state index in [1.165, 1.54) is 23.2 Å². The number of carboxylic acids is 1. The molecule has 116 valence electrons. The molecule has 5 nitrogen and oxygen atoms in total. The predicted molar refractivity (Wildman–Crippen MR) is 66.8 cm³/mol. The predicted octanol–water partition coefficient (Wildman–Crippen LogP) is 2.13. The Bertz CT molecular complexity index is 539. The molecule has 1 N–H and O–H groups in total. The highest BCUT2D eigenvalue weighted by Gasteiger charge is 2.34. The van der Waals surface area contributed by atoms with Crippen molar-refractivity contribution in [2.75, 3.05) is 6.54 Å². The van der Waals surface area contributed by atoms with Crippen molar-refractivity contribution >= 4 is 11.9 Å². The zero-order valence-corrected chi connectivity index (χ0v) is 11.1. The molecule has 1 unspecified atom stereocenters. The maximum atomic E-state index is 12.5. The second-order valence-electron chi connectivity index (χ2n) is 5.03. The van der Waals surface area contributed by atoms with Crippen molar-refractivity contribution in [3.8, 4) is 0 Å². The van der Waals surface area contributed by atoms with E-state index >= 15 is 0 Å². The van der Waals surface area contributed by atoms with Gasteiger partial charge in [0.25, 0.3) is 5.91 Å². The van der Waals surface area contributed by atoms with Gasteiger partial charge in [0.05, 0.1) is 6.42 Å². The maximum absolute atomic E-state index is 12.5. The fourth-order valence-electron chi connectivity index (χ4n) is 2.60. The van der Waals surface area contributed by atoms with Crippen LogP contribution in [0.15, 0.2) is 18.3 Å². The van der Waals surface area contributed by atoms with Crippen molar-refractivity contribution in [3.05, 3.63) is 24.0 Å². The molecule has 0 radical (unpaired) electrons. The van der Waals surface area contributed by atoms with Crippen molar-refractivity contribution in [1.82, 2.24) is 9.47 Å². The number of aliphatic carboxylic acids is 1. The largest absolute Gasteiger partial charge is 0.481 e. The number of halogens is 3. The zero-order valence-electron chi connectivity index (χ0n) is 11.1. The number of hydrogen-bond acceptors (Lipinski definition) is 2. The van der Waals surface area contributed by atoms with Gasteiger partial charge in [0, 0.05) is 18.8 Å². The lowest BCUT2D eigenvalue weighted by molar-refractivity contribution is -0.140. The molecule has 8 heteroatoms. The van der Waals surface area contributed by atoms with Gasteiger partial charge in [0.2, 0.25) is 0 Å². The number of hydrogen-bond donors (Lipinski definition) is 1. The number of carbonyl (C=O) groups is 2. The minimum Gasteiger partial charge on any atom is -0.481 e. The fraction of sp³-hybridized carbons (Fsp3) is 0.538. The molecule has 0 saturated carbocycles. The molecule has 1 atom stereocenters. The molecular weight excluding hydrogens is 289 g/mol. The zero-order chi connectivity index (χ0) is 15.6. The summed E-state index contributed by atoms with van der Waals surface area (Å²) in [5, 5.41) is 8.82. The minimum atomic E-state index is -4.42. The number of carbonyl (C=O) groups excluding carboxylic acids is 1. The first-order valence-corrected chi connectivity index (χ1v) is 6.52. The summed E-state index contributed by atoms with van der Waals surface area (Å²) in [5.74, 6) is -1.57. The van der Waals surface area contributed by atoms with Gasteiger partial charge >= 0.3 is 12.1 Å². The quantitative estimate of drug-likeness (QED) is 0.927. The van der Waals surface area contributed by atoms with Gasteiger partial charge in [-0.05, 0) is 25.0 Å². The van der Waals surface area contributed by atoms with E-state index in [4.69, 9.17) is 5.11 Å². The van der Waals surface area contributed by atoms with E-state index in [1.54, 1.807) is 0 Å². The van der Waals surface area contributed by atoms with E-state index < -0.39 is 30.6 Å². The summed E-state index contributed by atoms with van der Waals surface area (Å²) >= 11 is 0. The van der Waals surface area contributed by atoms with E-state index in [0.29, 0.717) is 19.4 Å². The smallest absolute Gasteiger partial charge is 0.406 e. The Morgan fingerprint density at radius 3 is 2.71 bits per heavy atom. The van der Waals surface area contributed by atoms with Crippen LogP contribution in [0.3, 0.4) is 0 Å². The van der Waals surface area contributed by atoms with Crippen LogP contribution in [0, 0.1) is 0 Å². The molecular formula is C13H15F3N2O3. The number of carboxylic acid groups (broad SMARTS) is 1. The Morgan fingerprint density at radius 1 is 1.38 bits per heavy atom. The molecule has 0 aliphatic carbocycles. The normalized spacial score (nSPS) is 19.0. The summed E-state index contributed by atoms with van der Waals surface area (Å²) in [6, 6.07) is 2.25. The molecule has 1 aliphatic heterocycles. The molecule has 1 amide bonds. The van der Waals surface area contributed by atoms with E-state index in [2.05, 4.69) is 0 Å². The van der Waals surface area contributed by atoms with Crippen LogP contribution in [0.25, 0.3) is 0 Å². The van der Waals surface area contributed by atoms with E-state index in [9.17, 15) is 22.8 Å². The molecule has 21 heavy (non-hydrogen) atoms. The number of alkyl halides is 3. The van der Waals surface area contributed by atoms with Gasteiger partial charge in [0.15, 0.2) is 0 Å². The Hall–Kier alpha value is -1.99. The van der Waals surface area contributed by atoms with Gasteiger partial charge < -0.3 is 14.6 Å². The highest BCUT2D eigenvalue weighted by molar-refractivity contribution is 5.93. The topological polar surface area (TPSA) is 62.5 Å². The van der Waals surface area contributed by atoms with Crippen LogP contribution in [0.4, 0.5) is 13.2 Å². The van der Waals surface area contributed by atoms with Gasteiger partial charge in [-0.2, -0.15) is 13.2 Å². The molecule has 1 saturated heterocycles. The lowest BCUT2D eigenvalue weighted by atomic mass is 10.1. The van der Waals surface area contributed by atoms with Gasteiger partial charge in [-0.1, -0.05) is 0 Å². The highest BCUT2D eigenvalue weighted by Crippen LogP contribution is 2.24. The summed E-state index contributed by atoms with van der Waals surface area (Å²) < 4.78 is 38.2. The second kappa shape index (κ2) is 5.79. The fourth-order valence-corrected chi connectivity index (χ4v) is 2.60. The highest BCUT2D eigenvalue weighted by atomic mass is 19.4. The number of nitrogens with zero attached hydrogens (tertiary/aromatic N) is 2. The first-order chi connectivity index (χ1) is 9.78. The third kappa shape index (κ3) is 3.77. The van der Waals surface area contributed by atoms with Crippen LogP contribution in [0.5, 0.6) is 0 Å². The van der Waals surface area contributed by atoms with Crippen LogP contribution >= 0.6 is 0 Å². The first kappa shape index (κ1) is 15.4. The van der Waals surface area contributed by atoms with Crippen LogP contribution in [-0.2, 0) is 11.3 Å². The van der Waals surface area contributed by atoms with Crippen molar-refractivity contribution in [2.45, 2.75) is 38.0 Å². The Morgan fingerprint density at radius 2 is 2.10 bits per heavy atom. The number of rotatable bonds is 4. The van der Waals surface area contributed by atoms with Crippen molar-refractivity contribution < 1.29 is 27.9 Å². The standard InChI is InChI=1S/C13H15F3N2O3/c14-13(15,16)8-17-5-2-4-10(17)12(21)18-6-1-3-9(18)7-11(19)20/h2,4-5,9H,1,3,6-8H2,(H,19,20). The van der Waals surface area contributed by atoms with Gasteiger partial charge in [-0.15, -0.1) is 0 Å². The van der Waals surface area contributed by atoms with Crippen LogP contribution in [-0.4, -0.2) is 45.2 Å². The van der Waals surface area contributed by atoms with Crippen molar-refractivity contribution in [3.63, 3.8) is 0 Å². The summed E-state index contributed by atoms with van der Waals surface area (Å²) in [6.45, 7) is -0.869. The third-order valence-corrected chi connectivity index (χ3v) is 3.45. The first-order valence-electron chi connectivity index (χ1n) is 6.52. The molecule has 1 aromatic rings. The minimum absolute atomic E-state index is 0.0652. The van der Waals surface area contributed by atoms with E-state index in [0.717, 1.165) is 4.57 Å². The lowest BCUT2D eigenvalue weighted by Gasteiger charge is -2.24. The van der Waals surface area contributed by atoms with E-state index in [-0.39, 0.29) is 12.1 Å². The molecule has 2 rings (SSSR count). The Labute approximate surface area is 119 Å². The van der Waals surface area contributed by atoms with Crippen LogP contribution in [0.1, 0.15) is 29.8 Å². The average molecular weight is 304 g/mol. The molecule has 1 aliphatic rings. The summed E-state index contributed by atoms with van der Waals surface area (Å²) in [4.78, 5) is 24.5. The lowest BCUT2D eigenvalue weighted by Crippen LogP contribution is -2.38. The van der Waals surface area contributed by atoms with Gasteiger partial charge in [-0.25, -0.2) is 0 Å². The second-order valence-corrected chi connectivity index (χ2v) is 5.03. The van der Waals surface area contributed by atoms with E-state index in [1.807, 2.05) is 0 Å². The third-order valence-electron chi connectivity index (χ3n) is 3.45. The maximum Gasteiger partial charge on any atom is 0.406 e. The summed E-state index contributed by atoms with van der Waals surface area (Å²) in [5.41, 5.74) is -0.0652. The SMILES string of the molecule is O=C(O)CC1CCCN1C(=O)c1cccn1CC(F)(F)F. The summed E-state index contributed by atoms with van der Waals surface area (Å²) in [6.07, 6.45) is -2.20. The molecule has 1 fully saturated rings. The number of aromatic nitrogens is 1. The molecule has 0 spiro atoms. The van der Waals surface area contributed by atoms with Crippen molar-refractivity contribution in [2.24, 2.45) is 0 Å². The van der Waals surface area contributed by atoms with Gasteiger partial charge in [0.1, 0.15) is 12.2 Å². The Kier molecular flexibility index (Phi) is 4.24. The van der Waals surface area contributed by atoms with Crippen molar-refractivity contribution in [1.29, 1.82) is 0 Å². The molecule has 0 aromatic carbocycles. The monoisotopic (exact) mass is 304 g/mol. The van der Waals surface area contributed by atoms with Crippen LogP contribution < -0.4 is 0 Å². The number of likely N-dealkylation sites (tertiary alicyclic amines) is 1. The summed E-state index contributed by atoms with van der Waals surface area (Å²) in [7, 11) is 0. The van der Waals surface area contributed by atoms with Gasteiger partial charge in [-0.3, -0.25) is 9.59 Å².